The van der Waals surface area contributed by atoms with Crippen molar-refractivity contribution in [2.24, 2.45) is 5.41 Å². The van der Waals surface area contributed by atoms with Crippen LogP contribution in [0.1, 0.15) is 44.0 Å². The van der Waals surface area contributed by atoms with Gasteiger partial charge in [0.15, 0.2) is 0 Å². The molecule has 1 unspecified atom stereocenters. The zero-order chi connectivity index (χ0) is 15.3. The van der Waals surface area contributed by atoms with Gasteiger partial charge in [-0.25, -0.2) is 4.79 Å². The molecule has 0 saturated heterocycles. The van der Waals surface area contributed by atoms with E-state index in [1.165, 1.54) is 0 Å². The zero-order valence-electron chi connectivity index (χ0n) is 11.9. The molecule has 1 atom stereocenters. The third kappa shape index (κ3) is 5.21. The van der Waals surface area contributed by atoms with E-state index in [0.717, 1.165) is 0 Å². The molecule has 1 amide bonds. The predicted octanol–water partition coefficient (Wildman–Crippen LogP) is 3.35. The number of benzene rings is 1. The Labute approximate surface area is 124 Å². The molecule has 0 aliphatic rings. The van der Waals surface area contributed by atoms with E-state index in [-0.39, 0.29) is 11.0 Å². The average Bonchev–Trinajstić information content (AvgIpc) is 2.33. The van der Waals surface area contributed by atoms with Gasteiger partial charge in [-0.05, 0) is 30.4 Å². The first-order valence-electron chi connectivity index (χ1n) is 6.49. The maximum absolute atomic E-state index is 12.0. The number of carboxylic acids is 1. The van der Waals surface area contributed by atoms with Crippen molar-refractivity contribution < 1.29 is 14.7 Å². The van der Waals surface area contributed by atoms with Crippen molar-refractivity contribution in [2.45, 2.75) is 39.7 Å². The number of halogens is 1. The molecule has 20 heavy (non-hydrogen) atoms. The minimum atomic E-state index is -1.03. The van der Waals surface area contributed by atoms with Crippen LogP contribution in [0.15, 0.2) is 24.3 Å². The Bertz CT molecular complexity index is 494. The Morgan fingerprint density at radius 1 is 1.30 bits per heavy atom. The summed E-state index contributed by atoms with van der Waals surface area (Å²) in [6.07, 6.45) is 1.09. The number of hydrogen-bond acceptors (Lipinski definition) is 2. The summed E-state index contributed by atoms with van der Waals surface area (Å²) >= 11 is 5.92. The Kier molecular flexibility index (Phi) is 5.57. The fraction of sp³-hybridized carbons (Fsp3) is 0.467. The molecule has 110 valence electrons. The monoisotopic (exact) mass is 297 g/mol. The molecular weight excluding hydrogens is 278 g/mol. The lowest BCUT2D eigenvalue weighted by Crippen LogP contribution is -2.41. The molecule has 0 aromatic heterocycles. The van der Waals surface area contributed by atoms with E-state index >= 15 is 0 Å². The van der Waals surface area contributed by atoms with Gasteiger partial charge in [0.1, 0.15) is 6.04 Å². The molecule has 4 nitrogen and oxygen atoms in total. The van der Waals surface area contributed by atoms with Crippen molar-refractivity contribution in [3.05, 3.63) is 34.9 Å². The summed E-state index contributed by atoms with van der Waals surface area (Å²) in [4.78, 5) is 23.3. The minimum absolute atomic E-state index is 0.0167. The smallest absolute Gasteiger partial charge is 0.326 e. The Morgan fingerprint density at radius 3 is 2.40 bits per heavy atom. The van der Waals surface area contributed by atoms with Gasteiger partial charge in [-0.1, -0.05) is 44.5 Å². The van der Waals surface area contributed by atoms with Crippen LogP contribution in [-0.2, 0) is 4.79 Å². The molecule has 0 spiro atoms. The lowest BCUT2D eigenvalue weighted by Gasteiger charge is -2.21. The summed E-state index contributed by atoms with van der Waals surface area (Å²) in [7, 11) is 0. The summed E-state index contributed by atoms with van der Waals surface area (Å²) in [6.45, 7) is 6.09. The van der Waals surface area contributed by atoms with Crippen LogP contribution in [-0.4, -0.2) is 23.0 Å². The summed E-state index contributed by atoms with van der Waals surface area (Å²) in [6, 6.07) is 5.67. The second-order valence-corrected chi connectivity index (χ2v) is 6.35. The van der Waals surface area contributed by atoms with Crippen molar-refractivity contribution in [2.75, 3.05) is 0 Å². The maximum Gasteiger partial charge on any atom is 0.326 e. The molecule has 0 aliphatic heterocycles. The summed E-state index contributed by atoms with van der Waals surface area (Å²) in [5.41, 5.74) is 0.305. The number of rotatable bonds is 5. The summed E-state index contributed by atoms with van der Waals surface area (Å²) < 4.78 is 0. The Hall–Kier alpha value is -1.55. The molecule has 5 heteroatoms. The third-order valence-corrected chi connectivity index (χ3v) is 3.23. The van der Waals surface area contributed by atoms with Gasteiger partial charge in [-0.3, -0.25) is 4.79 Å². The van der Waals surface area contributed by atoms with E-state index in [2.05, 4.69) is 5.32 Å². The van der Waals surface area contributed by atoms with Crippen LogP contribution in [0.2, 0.25) is 5.02 Å². The Balaban J connectivity index is 2.74. The topological polar surface area (TPSA) is 66.4 Å². The van der Waals surface area contributed by atoms with Crippen molar-refractivity contribution in [1.82, 2.24) is 5.32 Å². The average molecular weight is 298 g/mol. The minimum Gasteiger partial charge on any atom is -0.480 e. The molecule has 0 bridgehead atoms. The van der Waals surface area contributed by atoms with Gasteiger partial charge in [0.25, 0.3) is 5.91 Å². The maximum atomic E-state index is 12.0. The number of hydrogen-bond donors (Lipinski definition) is 2. The molecule has 0 saturated carbocycles. The highest BCUT2D eigenvalue weighted by Crippen LogP contribution is 2.22. The molecule has 0 fully saturated rings. The highest BCUT2D eigenvalue weighted by Gasteiger charge is 2.23. The normalized spacial score (nSPS) is 12.8. The fourth-order valence-electron chi connectivity index (χ4n) is 1.72. The molecule has 0 aliphatic carbocycles. The number of carbonyl (C=O) groups excluding carboxylic acids is 1. The second kappa shape index (κ2) is 6.75. The quantitative estimate of drug-likeness (QED) is 0.876. The number of carbonyl (C=O) groups is 2. The lowest BCUT2D eigenvalue weighted by atomic mass is 9.88. The van der Waals surface area contributed by atoms with Gasteiger partial charge in [-0.15, -0.1) is 0 Å². The third-order valence-electron chi connectivity index (χ3n) is 2.90. The molecule has 2 N–H and O–H groups in total. The molecule has 0 heterocycles. The first-order chi connectivity index (χ1) is 9.20. The van der Waals surface area contributed by atoms with Gasteiger partial charge < -0.3 is 10.4 Å². The number of aliphatic carboxylic acids is 1. The van der Waals surface area contributed by atoms with E-state index in [4.69, 9.17) is 11.6 Å². The van der Waals surface area contributed by atoms with Gasteiger partial charge in [-0.2, -0.15) is 0 Å². The van der Waals surface area contributed by atoms with E-state index in [9.17, 15) is 14.7 Å². The standard InChI is InChI=1S/C15H20ClNO3/c1-15(2,3)9-8-12(14(19)20)17-13(18)10-6-4-5-7-11(10)16/h4-7,12H,8-9H2,1-3H3,(H,17,18)(H,19,20). The van der Waals surface area contributed by atoms with Crippen LogP contribution in [0.3, 0.4) is 0 Å². The molecule has 1 rings (SSSR count). The van der Waals surface area contributed by atoms with Crippen molar-refractivity contribution in [3.8, 4) is 0 Å². The van der Waals surface area contributed by atoms with E-state index in [1.807, 2.05) is 20.8 Å². The van der Waals surface area contributed by atoms with Crippen LogP contribution >= 0.6 is 11.6 Å². The zero-order valence-corrected chi connectivity index (χ0v) is 12.7. The first-order valence-corrected chi connectivity index (χ1v) is 6.87. The van der Waals surface area contributed by atoms with E-state index in [0.29, 0.717) is 17.9 Å². The van der Waals surface area contributed by atoms with Gasteiger partial charge in [0.2, 0.25) is 0 Å². The molecular formula is C15H20ClNO3. The van der Waals surface area contributed by atoms with Crippen LogP contribution < -0.4 is 5.32 Å². The van der Waals surface area contributed by atoms with Crippen LogP contribution in [0.25, 0.3) is 0 Å². The fourth-order valence-corrected chi connectivity index (χ4v) is 1.94. The summed E-state index contributed by atoms with van der Waals surface area (Å²) in [5.74, 6) is -1.49. The number of amides is 1. The first kappa shape index (κ1) is 16.5. The molecule has 0 radical (unpaired) electrons. The van der Waals surface area contributed by atoms with Gasteiger partial charge >= 0.3 is 5.97 Å². The van der Waals surface area contributed by atoms with Crippen molar-refractivity contribution >= 4 is 23.5 Å². The van der Waals surface area contributed by atoms with Crippen molar-refractivity contribution in [1.29, 1.82) is 0 Å². The summed E-state index contributed by atoms with van der Waals surface area (Å²) in [5, 5.41) is 12.0. The van der Waals surface area contributed by atoms with E-state index < -0.39 is 17.9 Å². The molecule has 1 aromatic rings. The predicted molar refractivity (Wildman–Crippen MR) is 79.0 cm³/mol. The van der Waals surface area contributed by atoms with Crippen molar-refractivity contribution in [3.63, 3.8) is 0 Å². The highest BCUT2D eigenvalue weighted by atomic mass is 35.5. The SMILES string of the molecule is CC(C)(C)CCC(NC(=O)c1ccccc1Cl)C(=O)O. The molecule has 1 aromatic carbocycles. The Morgan fingerprint density at radius 2 is 1.90 bits per heavy atom. The number of nitrogens with one attached hydrogen (secondary N) is 1. The lowest BCUT2D eigenvalue weighted by molar-refractivity contribution is -0.139. The van der Waals surface area contributed by atoms with Crippen LogP contribution in [0.4, 0.5) is 0 Å². The van der Waals surface area contributed by atoms with Crippen LogP contribution in [0.5, 0.6) is 0 Å². The largest absolute Gasteiger partial charge is 0.480 e. The number of carboxylic acid groups (broad SMARTS) is 1. The second-order valence-electron chi connectivity index (χ2n) is 5.94. The van der Waals surface area contributed by atoms with E-state index in [1.54, 1.807) is 24.3 Å². The highest BCUT2D eigenvalue weighted by molar-refractivity contribution is 6.33. The van der Waals surface area contributed by atoms with Gasteiger partial charge in [0, 0.05) is 0 Å². The van der Waals surface area contributed by atoms with Crippen LogP contribution in [0, 0.1) is 5.41 Å². The van der Waals surface area contributed by atoms with Gasteiger partial charge in [0.05, 0.1) is 10.6 Å².